The Kier molecular flexibility index (Phi) is 5.25. The summed E-state index contributed by atoms with van der Waals surface area (Å²) < 4.78 is 9.81. The van der Waals surface area contributed by atoms with E-state index < -0.39 is 0 Å². The van der Waals surface area contributed by atoms with Crippen molar-refractivity contribution >= 4 is 17.4 Å². The van der Waals surface area contributed by atoms with Gasteiger partial charge in [0.15, 0.2) is 0 Å². The monoisotopic (exact) mass is 163 g/mol. The van der Waals surface area contributed by atoms with E-state index in [-0.39, 0.29) is 6.10 Å². The topological polar surface area (TPSA) is 30.5 Å². The number of methoxy groups -OCH3 is 1. The van der Waals surface area contributed by atoms with Crippen LogP contribution < -0.4 is 5.32 Å². The number of thiocarbonyl (C=S) groups is 1. The summed E-state index contributed by atoms with van der Waals surface area (Å²) in [6, 6.07) is 0. The molecule has 0 bridgehead atoms. The van der Waals surface area contributed by atoms with E-state index in [9.17, 15) is 0 Å². The molecule has 0 aromatic rings. The van der Waals surface area contributed by atoms with Crippen LogP contribution in [0.15, 0.2) is 0 Å². The van der Waals surface area contributed by atoms with Gasteiger partial charge in [-0.3, -0.25) is 0 Å². The third-order valence-electron chi connectivity index (χ3n) is 0.704. The van der Waals surface area contributed by atoms with Crippen LogP contribution in [-0.2, 0) is 9.47 Å². The molecule has 0 unspecified atom stereocenters. The summed E-state index contributed by atoms with van der Waals surface area (Å²) >= 11 is 4.78. The van der Waals surface area contributed by atoms with E-state index in [0.29, 0.717) is 11.9 Å². The fourth-order valence-electron chi connectivity index (χ4n) is 0.387. The lowest BCUT2D eigenvalue weighted by Gasteiger charge is -2.10. The highest BCUT2D eigenvalue weighted by Crippen LogP contribution is 1.87. The minimum Gasteiger partial charge on any atom is -0.468 e. The maximum Gasteiger partial charge on any atom is 0.258 e. The van der Waals surface area contributed by atoms with Crippen LogP contribution in [0.3, 0.4) is 0 Å². The van der Waals surface area contributed by atoms with Crippen LogP contribution in [-0.4, -0.2) is 25.1 Å². The molecule has 0 radical (unpaired) electrons. The zero-order valence-corrected chi connectivity index (χ0v) is 7.33. The fourth-order valence-corrected chi connectivity index (χ4v) is 0.638. The predicted molar refractivity (Wildman–Crippen MR) is 43.8 cm³/mol. The maximum atomic E-state index is 5.09. The van der Waals surface area contributed by atoms with Gasteiger partial charge in [0.2, 0.25) is 0 Å². The van der Waals surface area contributed by atoms with Crippen LogP contribution >= 0.6 is 12.2 Å². The van der Waals surface area contributed by atoms with Gasteiger partial charge in [-0.2, -0.15) is 0 Å². The summed E-state index contributed by atoms with van der Waals surface area (Å²) in [4.78, 5) is 0. The Bertz CT molecular complexity index is 106. The van der Waals surface area contributed by atoms with Crippen molar-refractivity contribution in [2.45, 2.75) is 20.0 Å². The Morgan fingerprint density at radius 1 is 1.60 bits per heavy atom. The highest BCUT2D eigenvalue weighted by Gasteiger charge is 1.97. The van der Waals surface area contributed by atoms with Gasteiger partial charge in [0, 0.05) is 7.11 Å². The van der Waals surface area contributed by atoms with Crippen LogP contribution in [0.2, 0.25) is 0 Å². The predicted octanol–water partition coefficient (Wildman–Crippen LogP) is 0.890. The third-order valence-corrected chi connectivity index (χ3v) is 0.944. The van der Waals surface area contributed by atoms with Crippen molar-refractivity contribution in [2.75, 3.05) is 13.8 Å². The first kappa shape index (κ1) is 9.65. The van der Waals surface area contributed by atoms with Crippen LogP contribution in [0, 0.1) is 0 Å². The van der Waals surface area contributed by atoms with Crippen molar-refractivity contribution in [3.63, 3.8) is 0 Å². The van der Waals surface area contributed by atoms with Crippen LogP contribution in [0.25, 0.3) is 0 Å². The van der Waals surface area contributed by atoms with E-state index >= 15 is 0 Å². The normalized spacial score (nSPS) is 9.60. The Balaban J connectivity index is 3.26. The van der Waals surface area contributed by atoms with E-state index in [2.05, 4.69) is 5.32 Å². The number of ether oxygens (including phenoxy) is 2. The Labute approximate surface area is 66.7 Å². The van der Waals surface area contributed by atoms with Gasteiger partial charge < -0.3 is 14.8 Å². The smallest absolute Gasteiger partial charge is 0.258 e. The molecule has 0 spiro atoms. The molecule has 0 heterocycles. The van der Waals surface area contributed by atoms with Gasteiger partial charge >= 0.3 is 0 Å². The minimum absolute atomic E-state index is 0.122. The molecule has 0 fully saturated rings. The second-order valence-corrected chi connectivity index (χ2v) is 2.43. The summed E-state index contributed by atoms with van der Waals surface area (Å²) in [7, 11) is 1.59. The first-order valence-electron chi connectivity index (χ1n) is 3.10. The minimum atomic E-state index is 0.122. The average Bonchev–Trinajstić information content (AvgIpc) is 1.82. The summed E-state index contributed by atoms with van der Waals surface area (Å²) in [5.74, 6) is 0. The van der Waals surface area contributed by atoms with Gasteiger partial charge in [-0.15, -0.1) is 0 Å². The van der Waals surface area contributed by atoms with Gasteiger partial charge in [-0.1, -0.05) is 0 Å². The second kappa shape index (κ2) is 5.44. The molecule has 0 aromatic heterocycles. The first-order chi connectivity index (χ1) is 4.66. The first-order valence-corrected chi connectivity index (χ1v) is 3.51. The number of rotatable bonds is 3. The Morgan fingerprint density at radius 2 is 2.20 bits per heavy atom. The molecule has 1 N–H and O–H groups in total. The Morgan fingerprint density at radius 3 is 2.60 bits per heavy atom. The zero-order chi connectivity index (χ0) is 7.98. The maximum absolute atomic E-state index is 5.09. The summed E-state index contributed by atoms with van der Waals surface area (Å²) in [5, 5.41) is 3.14. The summed E-state index contributed by atoms with van der Waals surface area (Å²) in [6.45, 7) is 4.23. The molecule has 0 atom stereocenters. The van der Waals surface area contributed by atoms with Gasteiger partial charge in [0.25, 0.3) is 5.17 Å². The summed E-state index contributed by atoms with van der Waals surface area (Å²) in [5.41, 5.74) is 0. The van der Waals surface area contributed by atoms with Crippen molar-refractivity contribution in [1.82, 2.24) is 5.32 Å². The van der Waals surface area contributed by atoms with Crippen LogP contribution in [0.4, 0.5) is 0 Å². The molecule has 10 heavy (non-hydrogen) atoms. The van der Waals surface area contributed by atoms with E-state index in [1.165, 1.54) is 0 Å². The molecule has 0 saturated heterocycles. The average molecular weight is 163 g/mol. The molecule has 0 saturated carbocycles. The highest BCUT2D eigenvalue weighted by molar-refractivity contribution is 7.80. The van der Waals surface area contributed by atoms with Crippen molar-refractivity contribution in [3.05, 3.63) is 0 Å². The molecular weight excluding hydrogens is 150 g/mol. The van der Waals surface area contributed by atoms with E-state index in [4.69, 9.17) is 21.7 Å². The zero-order valence-electron chi connectivity index (χ0n) is 6.51. The quantitative estimate of drug-likeness (QED) is 0.494. The van der Waals surface area contributed by atoms with E-state index in [0.717, 1.165) is 0 Å². The molecule has 3 nitrogen and oxygen atoms in total. The molecule has 0 aliphatic rings. The van der Waals surface area contributed by atoms with Gasteiger partial charge in [0.05, 0.1) is 6.10 Å². The molecule has 0 aliphatic heterocycles. The third kappa shape index (κ3) is 5.78. The second-order valence-electron chi connectivity index (χ2n) is 2.06. The van der Waals surface area contributed by atoms with Gasteiger partial charge in [-0.05, 0) is 26.1 Å². The standard InChI is InChI=1S/C6H13NO2S/c1-5(2)9-6(10)7-4-8-3/h5H,4H2,1-3H3,(H,7,10). The number of nitrogens with one attached hydrogen (secondary N) is 1. The molecular formula is C6H13NO2S. The van der Waals surface area contributed by atoms with Crippen LogP contribution in [0.5, 0.6) is 0 Å². The largest absolute Gasteiger partial charge is 0.468 e. The lowest BCUT2D eigenvalue weighted by molar-refractivity contribution is 0.169. The molecule has 0 aromatic carbocycles. The van der Waals surface area contributed by atoms with Gasteiger partial charge in [0.1, 0.15) is 6.73 Å². The van der Waals surface area contributed by atoms with E-state index in [1.807, 2.05) is 13.8 Å². The van der Waals surface area contributed by atoms with Crippen LogP contribution in [0.1, 0.15) is 13.8 Å². The lowest BCUT2D eigenvalue weighted by atomic mass is 10.5. The van der Waals surface area contributed by atoms with Crippen molar-refractivity contribution in [3.8, 4) is 0 Å². The number of hydrogen-bond acceptors (Lipinski definition) is 3. The van der Waals surface area contributed by atoms with Crippen molar-refractivity contribution in [1.29, 1.82) is 0 Å². The van der Waals surface area contributed by atoms with Crippen molar-refractivity contribution < 1.29 is 9.47 Å². The Hall–Kier alpha value is -0.350. The molecule has 4 heteroatoms. The fraction of sp³-hybridized carbons (Fsp3) is 0.833. The molecule has 60 valence electrons. The number of hydrogen-bond donors (Lipinski definition) is 1. The molecule has 0 amide bonds. The lowest BCUT2D eigenvalue weighted by Crippen LogP contribution is -2.28. The molecule has 0 aliphatic carbocycles. The van der Waals surface area contributed by atoms with Gasteiger partial charge in [-0.25, -0.2) is 0 Å². The van der Waals surface area contributed by atoms with E-state index in [1.54, 1.807) is 7.11 Å². The highest BCUT2D eigenvalue weighted by atomic mass is 32.1. The summed E-state index contributed by atoms with van der Waals surface area (Å²) in [6.07, 6.45) is 0.122. The molecule has 0 rings (SSSR count). The SMILES string of the molecule is COCNC(=S)OC(C)C. The van der Waals surface area contributed by atoms with Crippen molar-refractivity contribution in [2.24, 2.45) is 0 Å².